The Balaban J connectivity index is 2.65. The van der Waals surface area contributed by atoms with Gasteiger partial charge in [0.05, 0.1) is 11.3 Å². The smallest absolute Gasteiger partial charge is 0.337 e. The summed E-state index contributed by atoms with van der Waals surface area (Å²) in [5, 5.41) is 12.1. The number of anilines is 1. The molecule has 2 N–H and O–H groups in total. The first-order valence-electron chi connectivity index (χ1n) is 6.89. The number of carbonyl (C=O) groups is 2. The van der Waals surface area contributed by atoms with Crippen molar-refractivity contribution in [2.45, 2.75) is 51.9 Å². The lowest BCUT2D eigenvalue weighted by atomic mass is 9.82. The van der Waals surface area contributed by atoms with Crippen LogP contribution in [0.25, 0.3) is 0 Å². The van der Waals surface area contributed by atoms with E-state index in [9.17, 15) is 14.7 Å². The summed E-state index contributed by atoms with van der Waals surface area (Å²) in [4.78, 5) is 22.9. The minimum Gasteiger partial charge on any atom is -0.478 e. The average Bonchev–Trinajstić information content (AvgIpc) is 3.10. The molecule has 1 fully saturated rings. The van der Waals surface area contributed by atoms with E-state index in [1.54, 1.807) is 6.07 Å². The van der Waals surface area contributed by atoms with Crippen molar-refractivity contribution in [2.75, 3.05) is 5.32 Å². The van der Waals surface area contributed by atoms with Crippen molar-refractivity contribution in [1.82, 2.24) is 0 Å². The first-order valence-corrected chi connectivity index (χ1v) is 6.89. The molecule has 0 atom stereocenters. The van der Waals surface area contributed by atoms with Crippen molar-refractivity contribution in [2.24, 2.45) is 0 Å². The highest BCUT2D eigenvalue weighted by Gasteiger charge is 2.30. The Kier molecular flexibility index (Phi) is 3.59. The van der Waals surface area contributed by atoms with Crippen LogP contribution in [-0.4, -0.2) is 17.0 Å². The minimum absolute atomic E-state index is 0.189. The van der Waals surface area contributed by atoms with Crippen LogP contribution in [0.4, 0.5) is 5.69 Å². The number of hydrogen-bond donors (Lipinski definition) is 2. The van der Waals surface area contributed by atoms with Gasteiger partial charge in [-0.1, -0.05) is 26.8 Å². The van der Waals surface area contributed by atoms with Crippen LogP contribution in [0.2, 0.25) is 0 Å². The SMILES string of the molecule is CC(=O)Nc1c(C(=O)O)cc(C2CC2)cc1C(C)(C)C. The van der Waals surface area contributed by atoms with Gasteiger partial charge in [0.1, 0.15) is 0 Å². The summed E-state index contributed by atoms with van der Waals surface area (Å²) in [5.74, 6) is -0.778. The maximum Gasteiger partial charge on any atom is 0.337 e. The summed E-state index contributed by atoms with van der Waals surface area (Å²) < 4.78 is 0. The monoisotopic (exact) mass is 275 g/mol. The van der Waals surface area contributed by atoms with Crippen LogP contribution < -0.4 is 5.32 Å². The van der Waals surface area contributed by atoms with Gasteiger partial charge < -0.3 is 10.4 Å². The average molecular weight is 275 g/mol. The molecule has 0 heterocycles. The Morgan fingerprint density at radius 2 is 1.85 bits per heavy atom. The van der Waals surface area contributed by atoms with Crippen molar-refractivity contribution in [3.05, 3.63) is 28.8 Å². The second-order valence-electron chi connectivity index (χ2n) is 6.50. The number of hydrogen-bond acceptors (Lipinski definition) is 2. The minimum atomic E-state index is -0.998. The number of amides is 1. The summed E-state index contributed by atoms with van der Waals surface area (Å²) in [6.45, 7) is 7.47. The molecule has 1 aliphatic carbocycles. The van der Waals surface area contributed by atoms with Gasteiger partial charge >= 0.3 is 5.97 Å². The standard InChI is InChI=1S/C16H21NO3/c1-9(18)17-14-12(15(19)20)7-11(10-5-6-10)8-13(14)16(2,3)4/h7-8,10H,5-6H2,1-4H3,(H,17,18)(H,19,20). The van der Waals surface area contributed by atoms with E-state index in [-0.39, 0.29) is 16.9 Å². The van der Waals surface area contributed by atoms with E-state index >= 15 is 0 Å². The molecule has 1 saturated carbocycles. The molecule has 1 amide bonds. The van der Waals surface area contributed by atoms with E-state index in [0.717, 1.165) is 24.0 Å². The van der Waals surface area contributed by atoms with Crippen LogP contribution in [-0.2, 0) is 10.2 Å². The lowest BCUT2D eigenvalue weighted by Gasteiger charge is -2.25. The zero-order valence-electron chi connectivity index (χ0n) is 12.4. The van der Waals surface area contributed by atoms with Crippen LogP contribution in [0.3, 0.4) is 0 Å². The molecule has 0 spiro atoms. The van der Waals surface area contributed by atoms with E-state index in [4.69, 9.17) is 0 Å². The van der Waals surface area contributed by atoms with Gasteiger partial charge in [0.2, 0.25) is 5.91 Å². The van der Waals surface area contributed by atoms with Crippen molar-refractivity contribution >= 4 is 17.6 Å². The summed E-state index contributed by atoms with van der Waals surface area (Å²) >= 11 is 0. The van der Waals surface area contributed by atoms with E-state index in [1.807, 2.05) is 20.8 Å². The lowest BCUT2D eigenvalue weighted by molar-refractivity contribution is -0.114. The van der Waals surface area contributed by atoms with Gasteiger partial charge in [0, 0.05) is 6.92 Å². The van der Waals surface area contributed by atoms with E-state index in [1.165, 1.54) is 6.92 Å². The maximum absolute atomic E-state index is 11.5. The van der Waals surface area contributed by atoms with Gasteiger partial charge in [0.15, 0.2) is 0 Å². The van der Waals surface area contributed by atoms with Crippen LogP contribution in [0, 0.1) is 0 Å². The van der Waals surface area contributed by atoms with Gasteiger partial charge in [-0.2, -0.15) is 0 Å². The highest BCUT2D eigenvalue weighted by atomic mass is 16.4. The van der Waals surface area contributed by atoms with Crippen molar-refractivity contribution in [3.8, 4) is 0 Å². The first kappa shape index (κ1) is 14.6. The topological polar surface area (TPSA) is 66.4 Å². The highest BCUT2D eigenvalue weighted by Crippen LogP contribution is 2.44. The molecule has 0 aliphatic heterocycles. The van der Waals surface area contributed by atoms with E-state index < -0.39 is 5.97 Å². The summed E-state index contributed by atoms with van der Waals surface area (Å²) in [5.41, 5.74) is 2.35. The zero-order valence-corrected chi connectivity index (χ0v) is 12.4. The number of aromatic carboxylic acids is 1. The number of nitrogens with one attached hydrogen (secondary N) is 1. The van der Waals surface area contributed by atoms with Gasteiger partial charge in [0.25, 0.3) is 0 Å². The largest absolute Gasteiger partial charge is 0.478 e. The number of carbonyl (C=O) groups excluding carboxylic acids is 1. The summed E-state index contributed by atoms with van der Waals surface area (Å²) in [6.07, 6.45) is 2.23. The predicted molar refractivity (Wildman–Crippen MR) is 78.4 cm³/mol. The third kappa shape index (κ3) is 3.00. The molecule has 0 bridgehead atoms. The first-order chi connectivity index (χ1) is 9.20. The zero-order chi connectivity index (χ0) is 15.1. The Morgan fingerprint density at radius 3 is 2.25 bits per heavy atom. The fourth-order valence-corrected chi connectivity index (χ4v) is 2.39. The molecule has 1 aliphatic rings. The normalized spacial score (nSPS) is 15.0. The molecule has 0 aromatic heterocycles. The Bertz CT molecular complexity index is 566. The van der Waals surface area contributed by atoms with Gasteiger partial charge in [-0.25, -0.2) is 4.79 Å². The maximum atomic E-state index is 11.5. The molecule has 4 nitrogen and oxygen atoms in total. The van der Waals surface area contributed by atoms with Crippen molar-refractivity contribution in [1.29, 1.82) is 0 Å². The molecular formula is C16H21NO3. The van der Waals surface area contributed by atoms with E-state index in [2.05, 4.69) is 11.4 Å². The fraction of sp³-hybridized carbons (Fsp3) is 0.500. The third-order valence-corrected chi connectivity index (χ3v) is 3.55. The summed E-state index contributed by atoms with van der Waals surface area (Å²) in [7, 11) is 0. The number of carboxylic acid groups (broad SMARTS) is 1. The highest BCUT2D eigenvalue weighted by molar-refractivity contribution is 6.01. The van der Waals surface area contributed by atoms with Crippen molar-refractivity contribution in [3.63, 3.8) is 0 Å². The number of carboxylic acids is 1. The van der Waals surface area contributed by atoms with Gasteiger partial charge in [-0.15, -0.1) is 0 Å². The molecule has 0 unspecified atom stereocenters. The molecule has 108 valence electrons. The molecular weight excluding hydrogens is 254 g/mol. The molecule has 1 aromatic carbocycles. The van der Waals surface area contributed by atoms with Crippen LogP contribution in [0.5, 0.6) is 0 Å². The number of rotatable bonds is 3. The van der Waals surface area contributed by atoms with Crippen molar-refractivity contribution < 1.29 is 14.7 Å². The summed E-state index contributed by atoms with van der Waals surface area (Å²) in [6, 6.07) is 3.76. The predicted octanol–water partition coefficient (Wildman–Crippen LogP) is 3.52. The Hall–Kier alpha value is -1.84. The molecule has 4 heteroatoms. The van der Waals surface area contributed by atoms with Crippen LogP contribution in [0.1, 0.15) is 67.9 Å². The Morgan fingerprint density at radius 1 is 1.25 bits per heavy atom. The Labute approximate surface area is 119 Å². The second-order valence-corrected chi connectivity index (χ2v) is 6.50. The van der Waals surface area contributed by atoms with Gasteiger partial charge in [-0.3, -0.25) is 4.79 Å². The lowest BCUT2D eigenvalue weighted by Crippen LogP contribution is -2.20. The molecule has 1 aromatic rings. The molecule has 0 saturated heterocycles. The molecule has 0 radical (unpaired) electrons. The number of benzene rings is 1. The second kappa shape index (κ2) is 4.93. The van der Waals surface area contributed by atoms with E-state index in [0.29, 0.717) is 11.6 Å². The third-order valence-electron chi connectivity index (χ3n) is 3.55. The van der Waals surface area contributed by atoms with Crippen LogP contribution in [0.15, 0.2) is 12.1 Å². The fourth-order valence-electron chi connectivity index (χ4n) is 2.39. The molecule has 2 rings (SSSR count). The van der Waals surface area contributed by atoms with Gasteiger partial charge in [-0.05, 0) is 41.4 Å². The van der Waals surface area contributed by atoms with Crippen LogP contribution >= 0.6 is 0 Å². The molecule has 20 heavy (non-hydrogen) atoms. The quantitative estimate of drug-likeness (QED) is 0.887.